The van der Waals surface area contributed by atoms with E-state index in [1.54, 1.807) is 0 Å². The number of ether oxygens (including phenoxy) is 1. The molecule has 0 bridgehead atoms. The molecule has 1 saturated heterocycles. The van der Waals surface area contributed by atoms with Crippen LogP contribution in [0.15, 0.2) is 65.9 Å². The third-order valence-corrected chi connectivity index (χ3v) is 7.56. The Hall–Kier alpha value is -2.92. The van der Waals surface area contributed by atoms with E-state index < -0.39 is 0 Å². The van der Waals surface area contributed by atoms with E-state index in [4.69, 9.17) is 4.74 Å². The molecule has 2 aliphatic heterocycles. The normalized spacial score (nSPS) is 26.2. The predicted molar refractivity (Wildman–Crippen MR) is 124 cm³/mol. The van der Waals surface area contributed by atoms with Gasteiger partial charge in [-0.15, -0.1) is 0 Å². The van der Waals surface area contributed by atoms with Gasteiger partial charge in [0.25, 0.3) is 0 Å². The second-order valence-corrected chi connectivity index (χ2v) is 9.20. The maximum Gasteiger partial charge on any atom is 0.335 e. The molecule has 5 rings (SSSR count). The van der Waals surface area contributed by atoms with Crippen LogP contribution in [0.4, 0.5) is 5.69 Å². The van der Waals surface area contributed by atoms with Crippen LogP contribution >= 0.6 is 0 Å². The number of methoxy groups -OCH3 is 1. The summed E-state index contributed by atoms with van der Waals surface area (Å²) >= 11 is 0. The minimum atomic E-state index is -0.314. The number of likely N-dealkylation sites (tertiary alicyclic amines) is 1. The predicted octanol–water partition coefficient (Wildman–Crippen LogP) is 4.44. The highest BCUT2D eigenvalue weighted by Gasteiger charge is 2.60. The Bertz CT molecular complexity index is 1080. The number of benzene rings is 2. The van der Waals surface area contributed by atoms with Crippen molar-refractivity contribution in [3.05, 3.63) is 77.0 Å². The van der Waals surface area contributed by atoms with Crippen LogP contribution in [0.1, 0.15) is 43.7 Å². The first-order chi connectivity index (χ1) is 15.6. The van der Waals surface area contributed by atoms with Crippen LogP contribution in [0.2, 0.25) is 0 Å². The minimum Gasteiger partial charge on any atom is -0.466 e. The number of hydrogen-bond acceptors (Lipinski definition) is 5. The zero-order valence-electron chi connectivity index (χ0n) is 18.8. The molecule has 2 aromatic carbocycles. The van der Waals surface area contributed by atoms with Gasteiger partial charge < -0.3 is 10.1 Å². The molecule has 2 heterocycles. The van der Waals surface area contributed by atoms with Crippen LogP contribution in [-0.4, -0.2) is 36.3 Å². The average Bonchev–Trinajstić information content (AvgIpc) is 3.37. The van der Waals surface area contributed by atoms with E-state index in [0.29, 0.717) is 24.8 Å². The number of carbonyl (C=O) groups is 2. The number of ketones is 1. The van der Waals surface area contributed by atoms with E-state index in [9.17, 15) is 9.59 Å². The molecule has 1 fully saturated rings. The number of fused-ring (bicyclic) bond motifs is 1. The Kier molecular flexibility index (Phi) is 5.38. The van der Waals surface area contributed by atoms with E-state index in [1.165, 1.54) is 18.2 Å². The van der Waals surface area contributed by atoms with Crippen LogP contribution < -0.4 is 5.32 Å². The number of Topliss-reactive ketones (excluding diaryl/α,β-unsaturated/α-hetero) is 1. The third-order valence-electron chi connectivity index (χ3n) is 7.56. The van der Waals surface area contributed by atoms with Gasteiger partial charge in [0.2, 0.25) is 0 Å². The number of hydrogen-bond donors (Lipinski definition) is 1. The number of nitrogens with one attached hydrogen (secondary N) is 1. The molecule has 1 spiro atoms. The first-order valence-corrected chi connectivity index (χ1v) is 11.6. The summed E-state index contributed by atoms with van der Waals surface area (Å²) in [5, 5.41) is 3.60. The lowest BCUT2D eigenvalue weighted by Gasteiger charge is -2.45. The molecule has 3 atom stereocenters. The molecular formula is C27H30N2O3. The van der Waals surface area contributed by atoms with Crippen LogP contribution in [0.3, 0.4) is 0 Å². The molecule has 32 heavy (non-hydrogen) atoms. The van der Waals surface area contributed by atoms with Gasteiger partial charge in [-0.05, 0) is 36.0 Å². The molecule has 1 N–H and O–H groups in total. The third kappa shape index (κ3) is 3.18. The van der Waals surface area contributed by atoms with E-state index in [0.717, 1.165) is 30.9 Å². The summed E-state index contributed by atoms with van der Waals surface area (Å²) in [7, 11) is 1.44. The Labute approximate surface area is 189 Å². The summed E-state index contributed by atoms with van der Waals surface area (Å²) in [6.07, 6.45) is 2.49. The molecule has 166 valence electrons. The minimum absolute atomic E-state index is 0.0690. The van der Waals surface area contributed by atoms with E-state index in [-0.39, 0.29) is 29.1 Å². The molecule has 0 amide bonds. The summed E-state index contributed by atoms with van der Waals surface area (Å²) in [5.41, 5.74) is 4.96. The summed E-state index contributed by atoms with van der Waals surface area (Å²) in [6.45, 7) is 3.68. The van der Waals surface area contributed by atoms with Crippen molar-refractivity contribution >= 4 is 17.4 Å². The lowest BCUT2D eigenvalue weighted by atomic mass is 9.62. The molecule has 1 aliphatic carbocycles. The molecule has 0 unspecified atom stereocenters. The van der Waals surface area contributed by atoms with Gasteiger partial charge in [-0.1, -0.05) is 55.5 Å². The lowest BCUT2D eigenvalue weighted by Crippen LogP contribution is -2.51. The molecule has 0 saturated carbocycles. The van der Waals surface area contributed by atoms with E-state index in [1.807, 2.05) is 19.1 Å². The zero-order valence-corrected chi connectivity index (χ0v) is 18.8. The van der Waals surface area contributed by atoms with Crippen molar-refractivity contribution in [1.82, 2.24) is 4.90 Å². The van der Waals surface area contributed by atoms with Crippen molar-refractivity contribution in [1.29, 1.82) is 0 Å². The molecule has 5 heteroatoms. The fraction of sp³-hybridized carbons (Fsp3) is 0.407. The Balaban J connectivity index is 1.65. The highest BCUT2D eigenvalue weighted by molar-refractivity contribution is 5.93. The fourth-order valence-electron chi connectivity index (χ4n) is 6.29. The van der Waals surface area contributed by atoms with Gasteiger partial charge in [0.1, 0.15) is 5.78 Å². The summed E-state index contributed by atoms with van der Waals surface area (Å²) < 4.78 is 5.21. The largest absolute Gasteiger partial charge is 0.466 e. The number of esters is 1. The second-order valence-electron chi connectivity index (χ2n) is 9.20. The number of anilines is 1. The maximum absolute atomic E-state index is 12.9. The first-order valence-electron chi connectivity index (χ1n) is 11.6. The van der Waals surface area contributed by atoms with Crippen molar-refractivity contribution < 1.29 is 14.3 Å². The summed E-state index contributed by atoms with van der Waals surface area (Å²) in [6, 6.07) is 19.1. The summed E-state index contributed by atoms with van der Waals surface area (Å²) in [5.74, 6) is 0.0386. The van der Waals surface area contributed by atoms with Crippen LogP contribution in [-0.2, 0) is 26.3 Å². The van der Waals surface area contributed by atoms with Crippen LogP contribution in [0, 0.1) is 5.92 Å². The highest BCUT2D eigenvalue weighted by atomic mass is 16.5. The molecular weight excluding hydrogens is 400 g/mol. The van der Waals surface area contributed by atoms with Gasteiger partial charge >= 0.3 is 5.97 Å². The topological polar surface area (TPSA) is 58.6 Å². The van der Waals surface area contributed by atoms with Crippen LogP contribution in [0.25, 0.3) is 0 Å². The molecule has 0 aromatic heterocycles. The van der Waals surface area contributed by atoms with Crippen molar-refractivity contribution in [2.24, 2.45) is 5.92 Å². The fourth-order valence-corrected chi connectivity index (χ4v) is 6.29. The first kappa shape index (κ1) is 21.0. The average molecular weight is 431 g/mol. The van der Waals surface area contributed by atoms with E-state index in [2.05, 4.69) is 52.7 Å². The van der Waals surface area contributed by atoms with Gasteiger partial charge in [-0.2, -0.15) is 0 Å². The van der Waals surface area contributed by atoms with Gasteiger partial charge in [0.15, 0.2) is 0 Å². The maximum atomic E-state index is 12.9. The standard InChI is InChI=1S/C27H30N2O3/c1-3-20(30)15-19-16-21(26(31)32-2)24-27(22-11-7-8-12-23(22)28-24)13-14-29(25(19)27)17-18-9-5-4-6-10-18/h4-12,19,25,28H,3,13-17H2,1-2H3/t19-,25+,27-/m1/s1. The quantitative estimate of drug-likeness (QED) is 0.687. The zero-order chi connectivity index (χ0) is 22.3. The van der Waals surface area contributed by atoms with Gasteiger partial charge in [-0.3, -0.25) is 9.69 Å². The van der Waals surface area contributed by atoms with Crippen molar-refractivity contribution in [3.8, 4) is 0 Å². The molecule has 3 aliphatic rings. The molecule has 2 aromatic rings. The van der Waals surface area contributed by atoms with Crippen molar-refractivity contribution in [3.63, 3.8) is 0 Å². The SMILES string of the molecule is CCC(=O)C[C@@H]1CC(C(=O)OC)=C2Nc3ccccc3[C@]23CCN(Cc2ccccc2)[C@@H]13. The van der Waals surface area contributed by atoms with Crippen molar-refractivity contribution in [2.45, 2.75) is 50.6 Å². The monoisotopic (exact) mass is 430 g/mol. The molecule has 5 nitrogen and oxygen atoms in total. The molecule has 0 radical (unpaired) electrons. The van der Waals surface area contributed by atoms with Crippen molar-refractivity contribution in [2.75, 3.05) is 19.0 Å². The summed E-state index contributed by atoms with van der Waals surface area (Å²) in [4.78, 5) is 28.1. The number of carbonyl (C=O) groups excluding carboxylic acids is 2. The smallest absolute Gasteiger partial charge is 0.335 e. The number of rotatable bonds is 6. The lowest BCUT2D eigenvalue weighted by molar-refractivity contribution is -0.137. The van der Waals surface area contributed by atoms with Gasteiger partial charge in [-0.25, -0.2) is 4.79 Å². The van der Waals surface area contributed by atoms with E-state index >= 15 is 0 Å². The number of nitrogens with zero attached hydrogens (tertiary/aromatic N) is 1. The van der Waals surface area contributed by atoms with Gasteiger partial charge in [0.05, 0.1) is 18.1 Å². The second kappa shape index (κ2) is 8.21. The Morgan fingerprint density at radius 3 is 2.62 bits per heavy atom. The Morgan fingerprint density at radius 2 is 1.88 bits per heavy atom. The van der Waals surface area contributed by atoms with Crippen LogP contribution in [0.5, 0.6) is 0 Å². The Morgan fingerprint density at radius 1 is 1.12 bits per heavy atom. The number of para-hydroxylation sites is 1. The van der Waals surface area contributed by atoms with Gasteiger partial charge in [0, 0.05) is 43.4 Å². The highest BCUT2D eigenvalue weighted by Crippen LogP contribution is 2.59.